The maximum atomic E-state index is 13.1. The van der Waals surface area contributed by atoms with Crippen LogP contribution in [0.1, 0.15) is 21.5 Å². The van der Waals surface area contributed by atoms with Crippen molar-refractivity contribution in [3.8, 4) is 0 Å². The smallest absolute Gasteiger partial charge is 0.355 e. The molecule has 0 fully saturated rings. The van der Waals surface area contributed by atoms with Crippen molar-refractivity contribution in [2.75, 3.05) is 10.6 Å². The number of hydrogen-bond acceptors (Lipinski definition) is 4. The first kappa shape index (κ1) is 23.1. The number of halogens is 3. The summed E-state index contributed by atoms with van der Waals surface area (Å²) in [7, 11) is 0. The van der Waals surface area contributed by atoms with Crippen molar-refractivity contribution in [1.29, 1.82) is 0 Å². The number of benzene rings is 3. The fourth-order valence-electron chi connectivity index (χ4n) is 3.37. The molecular formula is C25H22F3N5O. The van der Waals surface area contributed by atoms with Crippen LogP contribution in [0.5, 0.6) is 0 Å². The number of aromatic amines is 1. The number of amides is 1. The quantitative estimate of drug-likeness (QED) is 0.304. The lowest BCUT2D eigenvalue weighted by Crippen LogP contribution is -2.35. The summed E-state index contributed by atoms with van der Waals surface area (Å²) in [5.74, 6) is -0.348. The molecule has 1 heterocycles. The Hall–Kier alpha value is -4.11. The Morgan fingerprint density at radius 2 is 1.74 bits per heavy atom. The van der Waals surface area contributed by atoms with E-state index >= 15 is 0 Å². The summed E-state index contributed by atoms with van der Waals surface area (Å²) in [5.41, 5.74) is 9.32. The number of para-hydroxylation sites is 1. The van der Waals surface area contributed by atoms with Crippen LogP contribution in [0.3, 0.4) is 0 Å². The van der Waals surface area contributed by atoms with Gasteiger partial charge in [-0.1, -0.05) is 30.3 Å². The summed E-state index contributed by atoms with van der Waals surface area (Å²) in [6.45, 7) is 1.85. The molecule has 4 aromatic rings. The molecule has 6 nitrogen and oxygen atoms in total. The van der Waals surface area contributed by atoms with E-state index in [2.05, 4.69) is 20.8 Å². The van der Waals surface area contributed by atoms with Gasteiger partial charge in [-0.05, 0) is 60.5 Å². The molecule has 0 aliphatic heterocycles. The van der Waals surface area contributed by atoms with E-state index in [0.717, 1.165) is 22.5 Å². The highest BCUT2D eigenvalue weighted by Crippen LogP contribution is 2.26. The van der Waals surface area contributed by atoms with E-state index in [4.69, 9.17) is 5.73 Å². The zero-order valence-electron chi connectivity index (χ0n) is 18.1. The van der Waals surface area contributed by atoms with Gasteiger partial charge in [-0.3, -0.25) is 9.89 Å². The van der Waals surface area contributed by atoms with Crippen LogP contribution in [0.25, 0.3) is 16.6 Å². The second kappa shape index (κ2) is 9.40. The van der Waals surface area contributed by atoms with Crippen LogP contribution in [0.15, 0.2) is 79.0 Å². The summed E-state index contributed by atoms with van der Waals surface area (Å²) in [4.78, 5) is 12.7. The largest absolute Gasteiger partial charge is 0.407 e. The van der Waals surface area contributed by atoms with Gasteiger partial charge in [0, 0.05) is 28.0 Å². The standard InChI is InChI=1S/C25H22F3N5O/c1-15-4-2-3-5-20(15)32-22(13-23(29)25(26,27)28)16-6-8-17(9-7-16)24(34)31-19-10-11-21-18(12-19)14-30-33-21/h2-14,23,32H,29H2,1H3,(H,30,33)(H,31,34)/b22-13-. The van der Waals surface area contributed by atoms with Crippen molar-refractivity contribution in [2.45, 2.75) is 19.1 Å². The molecule has 9 heteroatoms. The molecule has 5 N–H and O–H groups in total. The predicted octanol–water partition coefficient (Wildman–Crippen LogP) is 5.47. The van der Waals surface area contributed by atoms with Crippen molar-refractivity contribution < 1.29 is 18.0 Å². The third kappa shape index (κ3) is 5.26. The second-order valence-corrected chi connectivity index (χ2v) is 7.79. The molecule has 174 valence electrons. The van der Waals surface area contributed by atoms with Crippen molar-refractivity contribution in [1.82, 2.24) is 10.2 Å². The van der Waals surface area contributed by atoms with E-state index in [1.54, 1.807) is 60.8 Å². The number of aromatic nitrogens is 2. The third-order valence-electron chi connectivity index (χ3n) is 5.29. The Morgan fingerprint density at radius 1 is 1.03 bits per heavy atom. The van der Waals surface area contributed by atoms with Crippen LogP contribution < -0.4 is 16.4 Å². The number of H-pyrrole nitrogens is 1. The monoisotopic (exact) mass is 465 g/mol. The van der Waals surface area contributed by atoms with Gasteiger partial charge in [0.2, 0.25) is 0 Å². The Kier molecular flexibility index (Phi) is 6.38. The molecule has 0 saturated carbocycles. The minimum Gasteiger partial charge on any atom is -0.355 e. The molecule has 0 spiro atoms. The van der Waals surface area contributed by atoms with Crippen molar-refractivity contribution >= 4 is 33.9 Å². The van der Waals surface area contributed by atoms with E-state index < -0.39 is 12.2 Å². The number of carbonyl (C=O) groups excluding carboxylic acids is 1. The van der Waals surface area contributed by atoms with E-state index in [-0.39, 0.29) is 11.6 Å². The van der Waals surface area contributed by atoms with Crippen molar-refractivity contribution in [3.05, 3.63) is 95.7 Å². The Balaban J connectivity index is 1.57. The zero-order valence-corrected chi connectivity index (χ0v) is 18.1. The van der Waals surface area contributed by atoms with Crippen LogP contribution in [0.2, 0.25) is 0 Å². The van der Waals surface area contributed by atoms with Gasteiger partial charge in [0.1, 0.15) is 6.04 Å². The number of nitrogens with two attached hydrogens (primary N) is 1. The minimum absolute atomic E-state index is 0.191. The number of anilines is 2. The molecule has 0 aliphatic carbocycles. The molecule has 0 bridgehead atoms. The normalized spacial score (nSPS) is 13.0. The summed E-state index contributed by atoms with van der Waals surface area (Å²) in [6.07, 6.45) is -2.00. The fraction of sp³-hybridized carbons (Fsp3) is 0.120. The molecular weight excluding hydrogens is 443 g/mol. The number of carbonyl (C=O) groups is 1. The third-order valence-corrected chi connectivity index (χ3v) is 5.29. The average Bonchev–Trinajstić information content (AvgIpc) is 3.27. The number of rotatable bonds is 6. The van der Waals surface area contributed by atoms with Gasteiger partial charge in [0.05, 0.1) is 11.7 Å². The topological polar surface area (TPSA) is 95.8 Å². The number of hydrogen-bond donors (Lipinski definition) is 4. The molecule has 0 radical (unpaired) electrons. The number of nitrogens with zero attached hydrogens (tertiary/aromatic N) is 1. The molecule has 1 atom stereocenters. The van der Waals surface area contributed by atoms with E-state index in [0.29, 0.717) is 22.5 Å². The molecule has 0 saturated heterocycles. The zero-order chi connectivity index (χ0) is 24.3. The molecule has 1 unspecified atom stereocenters. The summed E-state index contributed by atoms with van der Waals surface area (Å²) in [5, 5.41) is 13.5. The van der Waals surface area contributed by atoms with Gasteiger partial charge in [-0.25, -0.2) is 0 Å². The fourth-order valence-corrected chi connectivity index (χ4v) is 3.37. The van der Waals surface area contributed by atoms with Gasteiger partial charge in [0.25, 0.3) is 5.91 Å². The van der Waals surface area contributed by atoms with E-state index in [1.807, 2.05) is 19.1 Å². The average molecular weight is 465 g/mol. The van der Waals surface area contributed by atoms with Gasteiger partial charge in [-0.15, -0.1) is 0 Å². The summed E-state index contributed by atoms with van der Waals surface area (Å²) >= 11 is 0. The number of aryl methyl sites for hydroxylation is 1. The Morgan fingerprint density at radius 3 is 2.44 bits per heavy atom. The number of alkyl halides is 3. The lowest BCUT2D eigenvalue weighted by molar-refractivity contribution is -0.136. The summed E-state index contributed by atoms with van der Waals surface area (Å²) in [6, 6.07) is 16.7. The summed E-state index contributed by atoms with van der Waals surface area (Å²) < 4.78 is 39.4. The van der Waals surface area contributed by atoms with Gasteiger partial charge >= 0.3 is 6.18 Å². The molecule has 34 heavy (non-hydrogen) atoms. The number of fused-ring (bicyclic) bond motifs is 1. The number of nitrogens with one attached hydrogen (secondary N) is 3. The highest BCUT2D eigenvalue weighted by Gasteiger charge is 2.35. The lowest BCUT2D eigenvalue weighted by atomic mass is 10.1. The second-order valence-electron chi connectivity index (χ2n) is 7.79. The maximum Gasteiger partial charge on any atom is 0.407 e. The van der Waals surface area contributed by atoms with Crippen molar-refractivity contribution in [3.63, 3.8) is 0 Å². The van der Waals surface area contributed by atoms with Crippen molar-refractivity contribution in [2.24, 2.45) is 5.73 Å². The first-order chi connectivity index (χ1) is 16.2. The van der Waals surface area contributed by atoms with Gasteiger partial charge in [0.15, 0.2) is 0 Å². The molecule has 4 rings (SSSR count). The maximum absolute atomic E-state index is 13.1. The van der Waals surface area contributed by atoms with Crippen LogP contribution in [-0.2, 0) is 0 Å². The first-order valence-corrected chi connectivity index (χ1v) is 10.4. The molecule has 1 aromatic heterocycles. The molecule has 3 aromatic carbocycles. The lowest BCUT2D eigenvalue weighted by Gasteiger charge is -2.18. The van der Waals surface area contributed by atoms with Gasteiger partial charge in [-0.2, -0.15) is 18.3 Å². The van der Waals surface area contributed by atoms with E-state index in [1.165, 1.54) is 0 Å². The Labute approximate surface area is 193 Å². The predicted molar refractivity (Wildman–Crippen MR) is 127 cm³/mol. The highest BCUT2D eigenvalue weighted by molar-refractivity contribution is 6.05. The highest BCUT2D eigenvalue weighted by atomic mass is 19.4. The van der Waals surface area contributed by atoms with Gasteiger partial charge < -0.3 is 16.4 Å². The molecule has 1 amide bonds. The SMILES string of the molecule is Cc1ccccc1N/C(=C\C(N)C(F)(F)F)c1ccc(C(=O)Nc2ccc3[nH]ncc3c2)cc1. The molecule has 0 aliphatic rings. The Bertz CT molecular complexity index is 1340. The van der Waals surface area contributed by atoms with Crippen LogP contribution >= 0.6 is 0 Å². The first-order valence-electron chi connectivity index (χ1n) is 10.4. The van der Waals surface area contributed by atoms with E-state index in [9.17, 15) is 18.0 Å². The van der Waals surface area contributed by atoms with Crippen LogP contribution in [0, 0.1) is 6.92 Å². The van der Waals surface area contributed by atoms with Crippen LogP contribution in [0.4, 0.5) is 24.5 Å². The minimum atomic E-state index is -4.59. The van der Waals surface area contributed by atoms with Crippen LogP contribution in [-0.4, -0.2) is 28.3 Å².